The number of benzene rings is 2. The van der Waals surface area contributed by atoms with Crippen molar-refractivity contribution < 1.29 is 9.69 Å². The molecular formula is C25H31N4O+. The Labute approximate surface area is 178 Å². The van der Waals surface area contributed by atoms with Crippen LogP contribution in [0.1, 0.15) is 36.6 Å². The third kappa shape index (κ3) is 3.86. The molecular weight excluding hydrogens is 372 g/mol. The average Bonchev–Trinajstić information content (AvgIpc) is 3.29. The molecule has 156 valence electrons. The van der Waals surface area contributed by atoms with Crippen LogP contribution in [0.4, 0.5) is 0 Å². The quantitative estimate of drug-likeness (QED) is 0.658. The van der Waals surface area contributed by atoms with Crippen LogP contribution in [0.2, 0.25) is 0 Å². The molecule has 2 aromatic carbocycles. The number of amides is 1. The number of imidazole rings is 1. The van der Waals surface area contributed by atoms with Gasteiger partial charge in [-0.25, -0.2) is 4.98 Å². The zero-order valence-electron chi connectivity index (χ0n) is 17.8. The Kier molecular flexibility index (Phi) is 5.30. The Balaban J connectivity index is 1.34. The van der Waals surface area contributed by atoms with Gasteiger partial charge in [0.05, 0.1) is 43.8 Å². The first kappa shape index (κ1) is 19.3. The smallest absolute Gasteiger partial charge is 0.226 e. The van der Waals surface area contributed by atoms with Crippen molar-refractivity contribution in [1.82, 2.24) is 14.5 Å². The largest absolute Gasteiger partial charge is 0.333 e. The van der Waals surface area contributed by atoms with E-state index in [2.05, 4.69) is 46.8 Å². The number of nitrogens with zero attached hydrogens (tertiary/aromatic N) is 3. The molecule has 2 heterocycles. The molecule has 1 amide bonds. The number of hydrogen-bond acceptors (Lipinski definition) is 2. The molecule has 0 bridgehead atoms. The van der Waals surface area contributed by atoms with E-state index in [0.717, 1.165) is 36.4 Å². The Bertz CT molecular complexity index is 1020. The van der Waals surface area contributed by atoms with Crippen LogP contribution in [0.15, 0.2) is 54.6 Å². The predicted octanol–water partition coefficient (Wildman–Crippen LogP) is 2.38. The van der Waals surface area contributed by atoms with Crippen molar-refractivity contribution in [3.63, 3.8) is 0 Å². The lowest BCUT2D eigenvalue weighted by Crippen LogP contribution is -3.10. The van der Waals surface area contributed by atoms with Gasteiger partial charge in [-0.1, -0.05) is 42.5 Å². The van der Waals surface area contributed by atoms with Crippen molar-refractivity contribution in [3.05, 3.63) is 66.0 Å². The minimum Gasteiger partial charge on any atom is -0.333 e. The summed E-state index contributed by atoms with van der Waals surface area (Å²) in [5, 5.41) is 0. The number of rotatable bonds is 7. The number of likely N-dealkylation sites (tertiary alicyclic amines) is 1. The molecule has 5 nitrogen and oxygen atoms in total. The van der Waals surface area contributed by atoms with E-state index in [1.807, 2.05) is 24.3 Å². The summed E-state index contributed by atoms with van der Waals surface area (Å²) in [5.74, 6) is 1.77. The summed E-state index contributed by atoms with van der Waals surface area (Å²) >= 11 is 0. The molecule has 0 spiro atoms. The molecule has 3 aromatic rings. The molecule has 1 saturated heterocycles. The number of quaternary nitrogens is 1. The number of aryl methyl sites for hydroxylation is 1. The topological polar surface area (TPSA) is 42.6 Å². The van der Waals surface area contributed by atoms with Gasteiger partial charge < -0.3 is 14.4 Å². The van der Waals surface area contributed by atoms with Gasteiger partial charge in [0.25, 0.3) is 0 Å². The van der Waals surface area contributed by atoms with E-state index in [1.165, 1.54) is 31.5 Å². The van der Waals surface area contributed by atoms with Gasteiger partial charge in [-0.3, -0.25) is 4.79 Å². The number of carbonyl (C=O) groups is 1. The highest BCUT2D eigenvalue weighted by atomic mass is 16.2. The van der Waals surface area contributed by atoms with Gasteiger partial charge in [0, 0.05) is 25.8 Å². The van der Waals surface area contributed by atoms with Crippen LogP contribution in [-0.4, -0.2) is 46.5 Å². The van der Waals surface area contributed by atoms with E-state index < -0.39 is 0 Å². The van der Waals surface area contributed by atoms with Crippen LogP contribution in [0.3, 0.4) is 0 Å². The maximum atomic E-state index is 13.5. The SMILES string of the molecule is Cn1c(CN(CC[NH+]2CCCC2)C(=O)[C@H]2C[C@H]2c2ccccc2)nc2ccccc21. The first-order valence-corrected chi connectivity index (χ1v) is 11.3. The second-order valence-corrected chi connectivity index (χ2v) is 8.90. The minimum absolute atomic E-state index is 0.121. The van der Waals surface area contributed by atoms with E-state index >= 15 is 0 Å². The van der Waals surface area contributed by atoms with E-state index in [9.17, 15) is 4.79 Å². The van der Waals surface area contributed by atoms with E-state index in [0.29, 0.717) is 18.4 Å². The maximum absolute atomic E-state index is 13.5. The van der Waals surface area contributed by atoms with Gasteiger partial charge in [-0.15, -0.1) is 0 Å². The fourth-order valence-corrected chi connectivity index (χ4v) is 4.96. The number of fused-ring (bicyclic) bond motifs is 1. The Morgan fingerprint density at radius 1 is 1.10 bits per heavy atom. The number of hydrogen-bond donors (Lipinski definition) is 1. The van der Waals surface area contributed by atoms with Crippen molar-refractivity contribution in [2.75, 3.05) is 26.2 Å². The molecule has 2 atom stereocenters. The lowest BCUT2D eigenvalue weighted by Gasteiger charge is -2.24. The third-order valence-electron chi connectivity index (χ3n) is 6.91. The first-order valence-electron chi connectivity index (χ1n) is 11.3. The lowest BCUT2D eigenvalue weighted by atomic mass is 10.1. The number of aromatic nitrogens is 2. The van der Waals surface area contributed by atoms with Gasteiger partial charge in [0.2, 0.25) is 5.91 Å². The van der Waals surface area contributed by atoms with Gasteiger partial charge >= 0.3 is 0 Å². The zero-order valence-corrected chi connectivity index (χ0v) is 17.8. The molecule has 5 rings (SSSR count). The first-order chi connectivity index (χ1) is 14.7. The maximum Gasteiger partial charge on any atom is 0.226 e. The van der Waals surface area contributed by atoms with Crippen LogP contribution in [0.25, 0.3) is 11.0 Å². The monoisotopic (exact) mass is 403 g/mol. The summed E-state index contributed by atoms with van der Waals surface area (Å²) in [7, 11) is 2.06. The molecule has 0 radical (unpaired) electrons. The molecule has 2 fully saturated rings. The lowest BCUT2D eigenvalue weighted by molar-refractivity contribution is -0.886. The molecule has 1 aliphatic carbocycles. The Morgan fingerprint density at radius 2 is 1.83 bits per heavy atom. The summed E-state index contributed by atoms with van der Waals surface area (Å²) < 4.78 is 2.14. The van der Waals surface area contributed by atoms with Gasteiger partial charge in [-0.2, -0.15) is 0 Å². The van der Waals surface area contributed by atoms with Crippen molar-refractivity contribution in [3.8, 4) is 0 Å². The van der Waals surface area contributed by atoms with Crippen LogP contribution in [0.5, 0.6) is 0 Å². The summed E-state index contributed by atoms with van der Waals surface area (Å²) in [4.78, 5) is 22.1. The predicted molar refractivity (Wildman–Crippen MR) is 118 cm³/mol. The van der Waals surface area contributed by atoms with Crippen molar-refractivity contribution in [2.45, 2.75) is 31.7 Å². The Morgan fingerprint density at radius 3 is 2.60 bits per heavy atom. The van der Waals surface area contributed by atoms with E-state index in [4.69, 9.17) is 4.98 Å². The highest BCUT2D eigenvalue weighted by molar-refractivity contribution is 5.83. The minimum atomic E-state index is 0.121. The van der Waals surface area contributed by atoms with Crippen LogP contribution in [-0.2, 0) is 18.4 Å². The molecule has 2 aliphatic rings. The van der Waals surface area contributed by atoms with Crippen LogP contribution < -0.4 is 4.90 Å². The third-order valence-corrected chi connectivity index (χ3v) is 6.91. The van der Waals surface area contributed by atoms with Gasteiger partial charge in [-0.05, 0) is 30.0 Å². The normalized spacial score (nSPS) is 21.2. The molecule has 1 aromatic heterocycles. The summed E-state index contributed by atoms with van der Waals surface area (Å²) in [5.41, 5.74) is 3.42. The van der Waals surface area contributed by atoms with Crippen molar-refractivity contribution in [1.29, 1.82) is 0 Å². The summed E-state index contributed by atoms with van der Waals surface area (Å²) in [6, 6.07) is 18.7. The highest BCUT2D eigenvalue weighted by Gasteiger charge is 2.46. The standard InChI is InChI=1S/C25H30N4O/c1-27-23-12-6-5-11-22(23)26-24(27)18-29(16-15-28-13-7-8-14-28)25(30)21-17-20(21)19-9-3-2-4-10-19/h2-6,9-12,20-21H,7-8,13-18H2,1H3/p+1/t20-,21-/m0/s1. The van der Waals surface area contributed by atoms with Crippen molar-refractivity contribution in [2.24, 2.45) is 13.0 Å². The number of carbonyl (C=O) groups excluding carboxylic acids is 1. The van der Waals surface area contributed by atoms with Gasteiger partial charge in [0.15, 0.2) is 0 Å². The molecule has 1 saturated carbocycles. The summed E-state index contributed by atoms with van der Waals surface area (Å²) in [6.07, 6.45) is 3.60. The van der Waals surface area contributed by atoms with Crippen LogP contribution in [0, 0.1) is 5.92 Å². The second kappa shape index (κ2) is 8.23. The molecule has 1 aliphatic heterocycles. The van der Waals surface area contributed by atoms with Crippen molar-refractivity contribution >= 4 is 16.9 Å². The molecule has 1 N–H and O–H groups in total. The fraction of sp³-hybridized carbons (Fsp3) is 0.440. The zero-order chi connectivity index (χ0) is 20.5. The molecule has 5 heteroatoms. The Hall–Kier alpha value is -2.66. The molecule has 30 heavy (non-hydrogen) atoms. The summed E-state index contributed by atoms with van der Waals surface area (Å²) in [6.45, 7) is 4.93. The van der Waals surface area contributed by atoms with Gasteiger partial charge in [0.1, 0.15) is 5.82 Å². The van der Waals surface area contributed by atoms with Crippen LogP contribution >= 0.6 is 0 Å². The number of para-hydroxylation sites is 2. The van der Waals surface area contributed by atoms with E-state index in [-0.39, 0.29) is 5.92 Å². The fourth-order valence-electron chi connectivity index (χ4n) is 4.96. The molecule has 0 unspecified atom stereocenters. The van der Waals surface area contributed by atoms with E-state index in [1.54, 1.807) is 4.90 Å². The second-order valence-electron chi connectivity index (χ2n) is 8.90. The highest BCUT2D eigenvalue weighted by Crippen LogP contribution is 2.48. The number of nitrogens with one attached hydrogen (secondary N) is 1. The average molecular weight is 404 g/mol.